The number of hydrogen-bond acceptors (Lipinski definition) is 4. The van der Waals surface area contributed by atoms with Gasteiger partial charge >= 0.3 is 6.18 Å². The topological polar surface area (TPSA) is 96.0 Å². The summed E-state index contributed by atoms with van der Waals surface area (Å²) in [5.41, 5.74) is -0.886. The summed E-state index contributed by atoms with van der Waals surface area (Å²) < 4.78 is 38.3. The zero-order chi connectivity index (χ0) is 20.9. The maximum atomic E-state index is 12.8. The fourth-order valence-corrected chi connectivity index (χ4v) is 2.43. The van der Waals surface area contributed by atoms with E-state index in [4.69, 9.17) is 0 Å². The third-order valence-electron chi connectivity index (χ3n) is 3.81. The average Bonchev–Trinajstić information content (AvgIpc) is 2.65. The number of nitrogens with zero attached hydrogens (tertiary/aromatic N) is 2. The van der Waals surface area contributed by atoms with Crippen LogP contribution >= 0.6 is 0 Å². The lowest BCUT2D eigenvalue weighted by Gasteiger charge is -2.09. The van der Waals surface area contributed by atoms with Gasteiger partial charge in [-0.15, -0.1) is 0 Å². The number of carbonyl (C=O) groups excluding carboxylic acids is 1. The Bertz CT molecular complexity index is 992. The number of amides is 1. The highest BCUT2D eigenvalue weighted by molar-refractivity contribution is 6.09. The van der Waals surface area contributed by atoms with Crippen molar-refractivity contribution >= 4 is 23.4 Å². The Morgan fingerprint density at radius 3 is 2.57 bits per heavy atom. The summed E-state index contributed by atoms with van der Waals surface area (Å²) in [6, 6.07) is 9.89. The Morgan fingerprint density at radius 1 is 1.29 bits per heavy atom. The second kappa shape index (κ2) is 8.35. The summed E-state index contributed by atoms with van der Waals surface area (Å²) in [4.78, 5) is 22.8. The Labute approximate surface area is 158 Å². The number of alkyl halides is 3. The van der Waals surface area contributed by atoms with Crippen LogP contribution in [-0.2, 0) is 17.4 Å². The number of nitro benzene ring substituents is 1. The van der Waals surface area contributed by atoms with Crippen LogP contribution in [-0.4, -0.2) is 10.8 Å². The summed E-state index contributed by atoms with van der Waals surface area (Å²) in [5.74, 6) is -0.927. The van der Waals surface area contributed by atoms with Gasteiger partial charge in [0.15, 0.2) is 0 Å². The number of nitrogens with one attached hydrogen (secondary N) is 1. The van der Waals surface area contributed by atoms with Crippen molar-refractivity contribution in [3.63, 3.8) is 0 Å². The molecule has 0 fully saturated rings. The van der Waals surface area contributed by atoms with Crippen molar-refractivity contribution in [3.05, 3.63) is 74.8 Å². The minimum absolute atomic E-state index is 0.131. The number of hydrogen-bond donors (Lipinski definition) is 1. The van der Waals surface area contributed by atoms with Crippen molar-refractivity contribution in [2.45, 2.75) is 19.5 Å². The van der Waals surface area contributed by atoms with Gasteiger partial charge in [-0.05, 0) is 36.3 Å². The Kier molecular flexibility index (Phi) is 6.15. The van der Waals surface area contributed by atoms with Gasteiger partial charge in [0.1, 0.15) is 11.6 Å². The van der Waals surface area contributed by atoms with Gasteiger partial charge in [-0.3, -0.25) is 14.9 Å². The maximum Gasteiger partial charge on any atom is 0.416 e. The number of benzene rings is 2. The van der Waals surface area contributed by atoms with Crippen LogP contribution in [0.5, 0.6) is 0 Å². The third-order valence-corrected chi connectivity index (χ3v) is 3.81. The van der Waals surface area contributed by atoms with Crippen LogP contribution in [0, 0.1) is 21.4 Å². The van der Waals surface area contributed by atoms with Crippen LogP contribution in [0.25, 0.3) is 6.08 Å². The van der Waals surface area contributed by atoms with E-state index in [0.717, 1.165) is 24.3 Å². The van der Waals surface area contributed by atoms with E-state index >= 15 is 0 Å². The summed E-state index contributed by atoms with van der Waals surface area (Å²) >= 11 is 0. The van der Waals surface area contributed by atoms with Gasteiger partial charge in [0.05, 0.1) is 10.5 Å². The molecule has 0 radical (unpaired) electrons. The molecule has 28 heavy (non-hydrogen) atoms. The first-order valence-corrected chi connectivity index (χ1v) is 8.03. The Balaban J connectivity index is 2.31. The normalized spacial score (nSPS) is 11.6. The lowest BCUT2D eigenvalue weighted by molar-refractivity contribution is -0.385. The van der Waals surface area contributed by atoms with E-state index in [1.54, 1.807) is 13.0 Å². The van der Waals surface area contributed by atoms with Crippen LogP contribution in [0.1, 0.15) is 23.6 Å². The van der Waals surface area contributed by atoms with E-state index in [-0.39, 0.29) is 16.9 Å². The van der Waals surface area contributed by atoms with Gasteiger partial charge in [-0.25, -0.2) is 0 Å². The molecular weight excluding hydrogens is 375 g/mol. The van der Waals surface area contributed by atoms with E-state index in [1.165, 1.54) is 24.3 Å². The molecule has 6 nitrogen and oxygen atoms in total. The minimum atomic E-state index is -4.57. The van der Waals surface area contributed by atoms with Crippen LogP contribution in [0.15, 0.2) is 48.0 Å². The summed E-state index contributed by atoms with van der Waals surface area (Å²) in [6.07, 6.45) is -3.01. The molecule has 0 unspecified atom stereocenters. The minimum Gasteiger partial charge on any atom is -0.321 e. The van der Waals surface area contributed by atoms with E-state index in [1.807, 2.05) is 0 Å². The standard InChI is InChI=1S/C19H14F3N3O3/c1-2-13-7-6-12(9-17(13)25(27)28)8-14(11-23)18(26)24-16-5-3-4-15(10-16)19(20,21)22/h3-10H,2H2,1H3,(H,24,26)/b14-8+. The first-order valence-electron chi connectivity index (χ1n) is 8.03. The van der Waals surface area contributed by atoms with Crippen LogP contribution in [0.2, 0.25) is 0 Å². The number of nitro groups is 1. The maximum absolute atomic E-state index is 12.8. The predicted octanol–water partition coefficient (Wildman–Crippen LogP) is 4.72. The van der Waals surface area contributed by atoms with Crippen LogP contribution in [0.4, 0.5) is 24.5 Å². The van der Waals surface area contributed by atoms with Crippen molar-refractivity contribution in [1.29, 1.82) is 5.26 Å². The molecule has 144 valence electrons. The van der Waals surface area contributed by atoms with E-state index < -0.39 is 28.1 Å². The van der Waals surface area contributed by atoms with Gasteiger partial charge < -0.3 is 5.32 Å². The summed E-state index contributed by atoms with van der Waals surface area (Å²) in [7, 11) is 0. The largest absolute Gasteiger partial charge is 0.416 e. The molecule has 0 heterocycles. The number of anilines is 1. The summed E-state index contributed by atoms with van der Waals surface area (Å²) in [5, 5.41) is 22.6. The van der Waals surface area contributed by atoms with Crippen molar-refractivity contribution in [3.8, 4) is 6.07 Å². The number of aryl methyl sites for hydroxylation is 1. The summed E-state index contributed by atoms with van der Waals surface area (Å²) in [6.45, 7) is 1.75. The highest BCUT2D eigenvalue weighted by Gasteiger charge is 2.30. The lowest BCUT2D eigenvalue weighted by atomic mass is 10.0. The lowest BCUT2D eigenvalue weighted by Crippen LogP contribution is -2.14. The van der Waals surface area contributed by atoms with Crippen LogP contribution < -0.4 is 5.32 Å². The molecule has 0 saturated carbocycles. The molecule has 1 N–H and O–H groups in total. The molecule has 2 aromatic rings. The Morgan fingerprint density at radius 2 is 2.00 bits per heavy atom. The van der Waals surface area contributed by atoms with Crippen molar-refractivity contribution < 1.29 is 22.9 Å². The number of halogens is 3. The molecule has 9 heteroatoms. The highest BCUT2D eigenvalue weighted by atomic mass is 19.4. The first-order chi connectivity index (χ1) is 13.2. The van der Waals surface area contributed by atoms with E-state index in [2.05, 4.69) is 5.32 Å². The molecule has 0 aliphatic rings. The fraction of sp³-hybridized carbons (Fsp3) is 0.158. The third kappa shape index (κ3) is 4.94. The second-order valence-corrected chi connectivity index (χ2v) is 5.70. The molecule has 0 saturated heterocycles. The smallest absolute Gasteiger partial charge is 0.321 e. The average molecular weight is 389 g/mol. The van der Waals surface area contributed by atoms with Crippen LogP contribution in [0.3, 0.4) is 0 Å². The monoisotopic (exact) mass is 389 g/mol. The van der Waals surface area contributed by atoms with Crippen molar-refractivity contribution in [2.75, 3.05) is 5.32 Å². The van der Waals surface area contributed by atoms with Gasteiger partial charge in [-0.1, -0.05) is 25.1 Å². The van der Waals surface area contributed by atoms with Gasteiger partial charge in [0.2, 0.25) is 0 Å². The first kappa shape index (κ1) is 20.6. The zero-order valence-corrected chi connectivity index (χ0v) is 14.6. The number of carbonyl (C=O) groups is 1. The van der Waals surface area contributed by atoms with E-state index in [0.29, 0.717) is 12.0 Å². The quantitative estimate of drug-likeness (QED) is 0.346. The zero-order valence-electron chi connectivity index (χ0n) is 14.6. The molecular formula is C19H14F3N3O3. The van der Waals surface area contributed by atoms with Gasteiger partial charge in [0, 0.05) is 17.3 Å². The number of nitriles is 1. The van der Waals surface area contributed by atoms with Gasteiger partial charge in [0.25, 0.3) is 11.6 Å². The molecule has 0 aliphatic heterocycles. The molecule has 1 amide bonds. The molecule has 2 rings (SSSR count). The molecule has 0 spiro atoms. The SMILES string of the molecule is CCc1ccc(/C=C(\C#N)C(=O)Nc2cccc(C(F)(F)F)c2)cc1[N+](=O)[O-]. The molecule has 0 atom stereocenters. The van der Waals surface area contributed by atoms with Crippen molar-refractivity contribution in [2.24, 2.45) is 0 Å². The fourth-order valence-electron chi connectivity index (χ4n) is 2.43. The predicted molar refractivity (Wildman–Crippen MR) is 96.1 cm³/mol. The molecule has 0 aliphatic carbocycles. The van der Waals surface area contributed by atoms with E-state index in [9.17, 15) is 33.3 Å². The van der Waals surface area contributed by atoms with Gasteiger partial charge in [-0.2, -0.15) is 18.4 Å². The van der Waals surface area contributed by atoms with Crippen molar-refractivity contribution in [1.82, 2.24) is 0 Å². The highest BCUT2D eigenvalue weighted by Crippen LogP contribution is 2.30. The Hall–Kier alpha value is -3.67. The molecule has 0 bridgehead atoms. The second-order valence-electron chi connectivity index (χ2n) is 5.70. The molecule has 0 aromatic heterocycles. The number of rotatable bonds is 5. The molecule has 2 aromatic carbocycles.